The number of carbonyl (C=O) groups is 2. The fourth-order valence-corrected chi connectivity index (χ4v) is 3.43. The van der Waals surface area contributed by atoms with Crippen molar-refractivity contribution >= 4 is 39.6 Å². The minimum Gasteiger partial charge on any atom is -0.505 e. The SMILES string of the molecule is CCOc1ccccc1NC(=O)c1cc2ccccc2c(N=Nc2ccc(C(N)=O)cc2)c1O. The predicted octanol–water partition coefficient (Wildman–Crippen LogP) is 5.71. The number of hydrogen-bond donors (Lipinski definition) is 3. The number of fused-ring (bicyclic) bond motifs is 1. The first kappa shape index (κ1) is 22.5. The Morgan fingerprint density at radius 2 is 1.68 bits per heavy atom. The van der Waals surface area contributed by atoms with Crippen molar-refractivity contribution in [2.75, 3.05) is 11.9 Å². The molecule has 0 aliphatic rings. The van der Waals surface area contributed by atoms with Crippen LogP contribution in [0.3, 0.4) is 0 Å². The molecule has 4 aromatic carbocycles. The summed E-state index contributed by atoms with van der Waals surface area (Å²) in [7, 11) is 0. The number of azo groups is 1. The van der Waals surface area contributed by atoms with E-state index < -0.39 is 11.8 Å². The lowest BCUT2D eigenvalue weighted by Gasteiger charge is -2.13. The number of phenolic OH excluding ortho intramolecular Hbond substituents is 1. The van der Waals surface area contributed by atoms with Crippen molar-refractivity contribution in [3.8, 4) is 11.5 Å². The third kappa shape index (κ3) is 4.71. The van der Waals surface area contributed by atoms with Gasteiger partial charge in [-0.2, -0.15) is 5.11 Å². The van der Waals surface area contributed by atoms with Gasteiger partial charge in [0.05, 0.1) is 23.5 Å². The number of carbonyl (C=O) groups excluding carboxylic acids is 2. The van der Waals surface area contributed by atoms with Crippen LogP contribution in [-0.2, 0) is 0 Å². The molecule has 0 aliphatic heterocycles. The summed E-state index contributed by atoms with van der Waals surface area (Å²) in [6.07, 6.45) is 0. The van der Waals surface area contributed by atoms with Crippen LogP contribution in [0.2, 0.25) is 0 Å². The number of phenols is 1. The maximum Gasteiger partial charge on any atom is 0.259 e. The van der Waals surface area contributed by atoms with Gasteiger partial charge in [0, 0.05) is 10.9 Å². The molecule has 4 aromatic rings. The Balaban J connectivity index is 1.73. The molecular formula is C26H22N4O4. The Morgan fingerprint density at radius 3 is 2.41 bits per heavy atom. The third-order valence-corrected chi connectivity index (χ3v) is 5.09. The summed E-state index contributed by atoms with van der Waals surface area (Å²) in [5, 5.41) is 23.5. The van der Waals surface area contributed by atoms with Crippen LogP contribution in [-0.4, -0.2) is 23.5 Å². The highest BCUT2D eigenvalue weighted by Crippen LogP contribution is 2.40. The lowest BCUT2D eigenvalue weighted by Crippen LogP contribution is -2.13. The van der Waals surface area contributed by atoms with E-state index in [-0.39, 0.29) is 17.0 Å². The molecule has 0 atom stereocenters. The second-order valence-electron chi connectivity index (χ2n) is 7.34. The number of hydrogen-bond acceptors (Lipinski definition) is 6. The van der Waals surface area contributed by atoms with Crippen molar-refractivity contribution in [3.05, 3.63) is 90.0 Å². The molecule has 2 amide bonds. The van der Waals surface area contributed by atoms with Gasteiger partial charge >= 0.3 is 0 Å². The molecule has 0 fully saturated rings. The monoisotopic (exact) mass is 454 g/mol. The summed E-state index contributed by atoms with van der Waals surface area (Å²) >= 11 is 0. The number of nitrogens with one attached hydrogen (secondary N) is 1. The summed E-state index contributed by atoms with van der Waals surface area (Å²) in [6.45, 7) is 2.30. The number of amides is 2. The molecule has 0 heterocycles. The van der Waals surface area contributed by atoms with E-state index in [0.717, 1.165) is 0 Å². The van der Waals surface area contributed by atoms with E-state index in [1.165, 1.54) is 12.1 Å². The van der Waals surface area contributed by atoms with Crippen LogP contribution in [0.25, 0.3) is 10.8 Å². The maximum atomic E-state index is 13.1. The van der Waals surface area contributed by atoms with Crippen LogP contribution in [0, 0.1) is 0 Å². The van der Waals surface area contributed by atoms with Crippen molar-refractivity contribution in [2.24, 2.45) is 16.0 Å². The van der Waals surface area contributed by atoms with Crippen molar-refractivity contribution < 1.29 is 19.4 Å². The number of aromatic hydroxyl groups is 1. The van der Waals surface area contributed by atoms with Crippen LogP contribution in [0.15, 0.2) is 89.1 Å². The van der Waals surface area contributed by atoms with Crippen LogP contribution in [0.4, 0.5) is 17.1 Å². The van der Waals surface area contributed by atoms with Gasteiger partial charge in [0.15, 0.2) is 5.75 Å². The first-order valence-corrected chi connectivity index (χ1v) is 10.6. The number of rotatable bonds is 7. The van der Waals surface area contributed by atoms with E-state index in [1.54, 1.807) is 48.5 Å². The highest BCUT2D eigenvalue weighted by atomic mass is 16.5. The predicted molar refractivity (Wildman–Crippen MR) is 130 cm³/mol. The van der Waals surface area contributed by atoms with Crippen molar-refractivity contribution in [2.45, 2.75) is 6.92 Å². The van der Waals surface area contributed by atoms with Gasteiger partial charge < -0.3 is 20.9 Å². The van der Waals surface area contributed by atoms with Gasteiger partial charge in [0.2, 0.25) is 5.91 Å². The number of ether oxygens (including phenoxy) is 1. The summed E-state index contributed by atoms with van der Waals surface area (Å²) in [5.41, 5.74) is 6.75. The Bertz CT molecular complexity index is 1400. The molecule has 4 N–H and O–H groups in total. The molecule has 0 radical (unpaired) electrons. The highest BCUT2D eigenvalue weighted by molar-refractivity contribution is 6.12. The van der Waals surface area contributed by atoms with Crippen LogP contribution in [0.1, 0.15) is 27.6 Å². The van der Waals surface area contributed by atoms with E-state index >= 15 is 0 Å². The lowest BCUT2D eigenvalue weighted by atomic mass is 10.0. The van der Waals surface area contributed by atoms with Gasteiger partial charge in [0.25, 0.3) is 5.91 Å². The Morgan fingerprint density at radius 1 is 0.971 bits per heavy atom. The van der Waals surface area contributed by atoms with E-state index in [1.807, 2.05) is 25.1 Å². The zero-order valence-electron chi connectivity index (χ0n) is 18.4. The minimum atomic E-state index is -0.545. The lowest BCUT2D eigenvalue weighted by molar-refractivity contribution is 0.0997. The number of anilines is 1. The number of nitrogens with zero attached hydrogens (tertiary/aromatic N) is 2. The molecule has 0 spiro atoms. The number of para-hydroxylation sites is 2. The van der Waals surface area contributed by atoms with Gasteiger partial charge in [-0.3, -0.25) is 9.59 Å². The van der Waals surface area contributed by atoms with Crippen molar-refractivity contribution in [3.63, 3.8) is 0 Å². The Labute approximate surface area is 195 Å². The highest BCUT2D eigenvalue weighted by Gasteiger charge is 2.19. The maximum absolute atomic E-state index is 13.1. The molecule has 0 aromatic heterocycles. The Hall–Kier alpha value is -4.72. The second-order valence-corrected chi connectivity index (χ2v) is 7.34. The van der Waals surface area contributed by atoms with E-state index in [0.29, 0.717) is 40.1 Å². The molecule has 0 aliphatic carbocycles. The van der Waals surface area contributed by atoms with Crippen molar-refractivity contribution in [1.29, 1.82) is 0 Å². The zero-order chi connectivity index (χ0) is 24.1. The van der Waals surface area contributed by atoms with Crippen LogP contribution in [0.5, 0.6) is 11.5 Å². The summed E-state index contributed by atoms with van der Waals surface area (Å²) < 4.78 is 5.57. The number of primary amides is 1. The summed E-state index contributed by atoms with van der Waals surface area (Å²) in [5.74, 6) is -0.838. The molecule has 8 nitrogen and oxygen atoms in total. The van der Waals surface area contributed by atoms with Crippen LogP contribution < -0.4 is 15.8 Å². The van der Waals surface area contributed by atoms with Gasteiger partial charge in [-0.1, -0.05) is 36.4 Å². The fourth-order valence-electron chi connectivity index (χ4n) is 3.43. The molecule has 0 unspecified atom stereocenters. The molecule has 0 bridgehead atoms. The average molecular weight is 454 g/mol. The molecule has 0 saturated heterocycles. The van der Waals surface area contributed by atoms with Gasteiger partial charge in [-0.25, -0.2) is 0 Å². The van der Waals surface area contributed by atoms with Crippen molar-refractivity contribution in [1.82, 2.24) is 0 Å². The quantitative estimate of drug-likeness (QED) is 0.309. The van der Waals surface area contributed by atoms with Gasteiger partial charge in [0.1, 0.15) is 11.4 Å². The molecule has 0 saturated carbocycles. The zero-order valence-corrected chi connectivity index (χ0v) is 18.4. The van der Waals surface area contributed by atoms with E-state index in [9.17, 15) is 14.7 Å². The first-order chi connectivity index (χ1) is 16.5. The molecule has 4 rings (SSSR count). The number of benzene rings is 4. The molecular weight excluding hydrogens is 432 g/mol. The normalized spacial score (nSPS) is 11.0. The molecule has 8 heteroatoms. The van der Waals surface area contributed by atoms with Gasteiger partial charge in [-0.05, 0) is 54.8 Å². The third-order valence-electron chi connectivity index (χ3n) is 5.09. The fraction of sp³-hybridized carbons (Fsp3) is 0.0769. The van der Waals surface area contributed by atoms with E-state index in [2.05, 4.69) is 15.5 Å². The Kier molecular flexibility index (Phi) is 6.49. The standard InChI is InChI=1S/C26H22N4O4/c1-2-34-22-10-6-5-9-21(22)28-26(33)20-15-17-7-3-4-8-19(17)23(24(20)31)30-29-18-13-11-16(12-14-18)25(27)32/h3-15,31H,2H2,1H3,(H2,27,32)(H,28,33). The largest absolute Gasteiger partial charge is 0.505 e. The average Bonchev–Trinajstić information content (AvgIpc) is 2.84. The van der Waals surface area contributed by atoms with Crippen LogP contribution >= 0.6 is 0 Å². The van der Waals surface area contributed by atoms with Gasteiger partial charge in [-0.15, -0.1) is 5.11 Å². The summed E-state index contributed by atoms with van der Waals surface area (Å²) in [4.78, 5) is 24.4. The van der Waals surface area contributed by atoms with E-state index in [4.69, 9.17) is 10.5 Å². The second kappa shape index (κ2) is 9.83. The molecule has 34 heavy (non-hydrogen) atoms. The molecule has 170 valence electrons. The number of nitrogens with two attached hydrogens (primary N) is 1. The topological polar surface area (TPSA) is 126 Å². The minimum absolute atomic E-state index is 0.0445. The smallest absolute Gasteiger partial charge is 0.259 e. The summed E-state index contributed by atoms with van der Waals surface area (Å²) in [6, 6.07) is 22.1. The first-order valence-electron chi connectivity index (χ1n) is 10.6.